The lowest BCUT2D eigenvalue weighted by atomic mass is 10.0. The minimum absolute atomic E-state index is 0.367. The average molecular weight is 324 g/mol. The summed E-state index contributed by atoms with van der Waals surface area (Å²) in [5.41, 5.74) is 1.01. The number of aliphatic hydroxyl groups is 1. The van der Waals surface area contributed by atoms with Crippen molar-refractivity contribution in [2.75, 3.05) is 40.5 Å². The van der Waals surface area contributed by atoms with E-state index in [1.165, 1.54) is 17.7 Å². The molecule has 3 atom stereocenters. The molecule has 1 saturated heterocycles. The molecular formula is C18H30NO4+. The normalized spacial score (nSPS) is 22.6. The van der Waals surface area contributed by atoms with Crippen molar-refractivity contribution >= 4 is 0 Å². The monoisotopic (exact) mass is 324 g/mol. The Labute approximate surface area is 139 Å². The second-order valence-electron chi connectivity index (χ2n) is 6.51. The van der Waals surface area contributed by atoms with Crippen molar-refractivity contribution in [2.24, 2.45) is 5.92 Å². The van der Waals surface area contributed by atoms with Crippen molar-refractivity contribution in [3.63, 3.8) is 0 Å². The molecule has 0 aliphatic carbocycles. The number of rotatable bonds is 8. The van der Waals surface area contributed by atoms with Gasteiger partial charge in [-0.2, -0.15) is 0 Å². The van der Waals surface area contributed by atoms with E-state index in [-0.39, 0.29) is 0 Å². The van der Waals surface area contributed by atoms with Crippen LogP contribution in [0.4, 0.5) is 0 Å². The van der Waals surface area contributed by atoms with Crippen LogP contribution < -0.4 is 14.4 Å². The van der Waals surface area contributed by atoms with Crippen molar-refractivity contribution in [2.45, 2.75) is 32.5 Å². The smallest absolute Gasteiger partial charge is 0.161 e. The Kier molecular flexibility index (Phi) is 7.15. The molecule has 0 aromatic heterocycles. The van der Waals surface area contributed by atoms with Gasteiger partial charge in [0.25, 0.3) is 0 Å². The van der Waals surface area contributed by atoms with Gasteiger partial charge >= 0.3 is 0 Å². The molecule has 1 aliphatic heterocycles. The van der Waals surface area contributed by atoms with E-state index in [0.717, 1.165) is 31.1 Å². The van der Waals surface area contributed by atoms with Crippen molar-refractivity contribution in [3.05, 3.63) is 23.8 Å². The Hall–Kier alpha value is -1.30. The highest BCUT2D eigenvalue weighted by molar-refractivity contribution is 5.42. The van der Waals surface area contributed by atoms with Crippen molar-refractivity contribution in [3.8, 4) is 11.5 Å². The standard InChI is InChI=1S/C18H29NO4/c1-14-5-4-8-19(10-14)11-16(20)13-23-12-15-6-7-17(21-2)18(9-15)22-3/h6-7,9,14,16,20H,4-5,8,10-13H2,1-3H3/p+1/t14-,16+/m1/s1. The second-order valence-corrected chi connectivity index (χ2v) is 6.51. The SMILES string of the molecule is COc1ccc(COC[C@@H](O)C[NH+]2CCC[C@@H](C)C2)cc1OC. The first kappa shape index (κ1) is 18.0. The highest BCUT2D eigenvalue weighted by atomic mass is 16.5. The Balaban J connectivity index is 1.73. The molecule has 5 nitrogen and oxygen atoms in total. The molecule has 2 rings (SSSR count). The summed E-state index contributed by atoms with van der Waals surface area (Å²) >= 11 is 0. The van der Waals surface area contributed by atoms with Gasteiger partial charge in [-0.1, -0.05) is 13.0 Å². The van der Waals surface area contributed by atoms with E-state index in [2.05, 4.69) is 6.92 Å². The lowest BCUT2D eigenvalue weighted by Crippen LogP contribution is -3.14. The zero-order valence-electron chi connectivity index (χ0n) is 14.5. The summed E-state index contributed by atoms with van der Waals surface area (Å²) < 4.78 is 16.2. The van der Waals surface area contributed by atoms with Crippen molar-refractivity contribution < 1.29 is 24.2 Å². The summed E-state index contributed by atoms with van der Waals surface area (Å²) in [6.07, 6.45) is 2.17. The highest BCUT2D eigenvalue weighted by Gasteiger charge is 2.22. The first-order valence-corrected chi connectivity index (χ1v) is 8.42. The largest absolute Gasteiger partial charge is 0.493 e. The van der Waals surface area contributed by atoms with Crippen molar-refractivity contribution in [1.29, 1.82) is 0 Å². The molecule has 0 saturated carbocycles. The molecule has 5 heteroatoms. The Morgan fingerprint density at radius 3 is 2.74 bits per heavy atom. The summed E-state index contributed by atoms with van der Waals surface area (Å²) in [6.45, 7) is 6.22. The van der Waals surface area contributed by atoms with Crippen LogP contribution in [0.2, 0.25) is 0 Å². The van der Waals surface area contributed by atoms with Gasteiger partial charge in [-0.25, -0.2) is 0 Å². The third-order valence-electron chi connectivity index (χ3n) is 4.42. The second kappa shape index (κ2) is 9.11. The zero-order valence-corrected chi connectivity index (χ0v) is 14.5. The number of ether oxygens (including phenoxy) is 3. The maximum atomic E-state index is 10.2. The molecule has 130 valence electrons. The van der Waals surface area contributed by atoms with Gasteiger partial charge in [0.1, 0.15) is 12.6 Å². The zero-order chi connectivity index (χ0) is 16.7. The Morgan fingerprint density at radius 2 is 2.04 bits per heavy atom. The number of hydrogen-bond donors (Lipinski definition) is 2. The van der Waals surface area contributed by atoms with Gasteiger partial charge in [-0.05, 0) is 30.5 Å². The predicted molar refractivity (Wildman–Crippen MR) is 89.2 cm³/mol. The quantitative estimate of drug-likeness (QED) is 0.746. The van der Waals surface area contributed by atoms with Crippen LogP contribution in [-0.2, 0) is 11.3 Å². The van der Waals surface area contributed by atoms with Crippen LogP contribution in [0.5, 0.6) is 11.5 Å². The van der Waals surface area contributed by atoms with Crippen LogP contribution in [0.3, 0.4) is 0 Å². The summed E-state index contributed by atoms with van der Waals surface area (Å²) in [7, 11) is 3.24. The summed E-state index contributed by atoms with van der Waals surface area (Å²) in [4.78, 5) is 1.49. The maximum Gasteiger partial charge on any atom is 0.161 e. The van der Waals surface area contributed by atoms with Crippen LogP contribution in [0.1, 0.15) is 25.3 Å². The Bertz CT molecular complexity index is 480. The number of benzene rings is 1. The van der Waals surface area contributed by atoms with Gasteiger partial charge in [-0.3, -0.25) is 0 Å². The lowest BCUT2D eigenvalue weighted by molar-refractivity contribution is -0.911. The summed E-state index contributed by atoms with van der Waals surface area (Å²) in [5, 5.41) is 10.2. The lowest BCUT2D eigenvalue weighted by Gasteiger charge is -2.29. The fourth-order valence-electron chi connectivity index (χ4n) is 3.26. The number of hydrogen-bond acceptors (Lipinski definition) is 4. The van der Waals surface area contributed by atoms with E-state index < -0.39 is 6.10 Å². The fraction of sp³-hybridized carbons (Fsp3) is 0.667. The molecule has 1 aliphatic rings. The number of nitrogens with one attached hydrogen (secondary N) is 1. The molecule has 1 heterocycles. The van der Waals surface area contributed by atoms with Gasteiger partial charge in [-0.15, -0.1) is 0 Å². The molecule has 1 aromatic rings. The van der Waals surface area contributed by atoms with E-state index in [1.54, 1.807) is 14.2 Å². The van der Waals surface area contributed by atoms with E-state index in [4.69, 9.17) is 14.2 Å². The number of methoxy groups -OCH3 is 2. The third-order valence-corrected chi connectivity index (χ3v) is 4.42. The average Bonchev–Trinajstić information content (AvgIpc) is 2.54. The molecular weight excluding hydrogens is 294 g/mol. The van der Waals surface area contributed by atoms with Gasteiger partial charge in [0.15, 0.2) is 11.5 Å². The number of likely N-dealkylation sites (tertiary alicyclic amines) is 1. The highest BCUT2D eigenvalue weighted by Crippen LogP contribution is 2.27. The summed E-state index contributed by atoms with van der Waals surface area (Å²) in [6, 6.07) is 5.72. The number of quaternary nitrogens is 1. The maximum absolute atomic E-state index is 10.2. The molecule has 0 spiro atoms. The van der Waals surface area contributed by atoms with Crippen molar-refractivity contribution in [1.82, 2.24) is 0 Å². The summed E-state index contributed by atoms with van der Waals surface area (Å²) in [5.74, 6) is 2.17. The molecule has 0 bridgehead atoms. The minimum atomic E-state index is -0.407. The number of aliphatic hydroxyl groups excluding tert-OH is 1. The predicted octanol–water partition coefficient (Wildman–Crippen LogP) is 0.896. The van der Waals surface area contributed by atoms with E-state index in [9.17, 15) is 5.11 Å². The Morgan fingerprint density at radius 1 is 1.26 bits per heavy atom. The minimum Gasteiger partial charge on any atom is -0.493 e. The molecule has 0 amide bonds. The van der Waals surface area contributed by atoms with E-state index in [1.807, 2.05) is 18.2 Å². The van der Waals surface area contributed by atoms with Gasteiger partial charge < -0.3 is 24.2 Å². The number of piperidine rings is 1. The molecule has 2 N–H and O–H groups in total. The van der Waals surface area contributed by atoms with Crippen LogP contribution in [0.15, 0.2) is 18.2 Å². The molecule has 1 unspecified atom stereocenters. The van der Waals surface area contributed by atoms with Crippen LogP contribution in [0.25, 0.3) is 0 Å². The van der Waals surface area contributed by atoms with Crippen LogP contribution in [0, 0.1) is 5.92 Å². The fourth-order valence-corrected chi connectivity index (χ4v) is 3.26. The van der Waals surface area contributed by atoms with Gasteiger partial charge in [0.2, 0.25) is 0 Å². The first-order chi connectivity index (χ1) is 11.1. The molecule has 1 aromatic carbocycles. The third kappa shape index (κ3) is 5.68. The van der Waals surface area contributed by atoms with Crippen LogP contribution in [-0.4, -0.2) is 51.7 Å². The molecule has 1 fully saturated rings. The van der Waals surface area contributed by atoms with Gasteiger partial charge in [0.05, 0.1) is 40.5 Å². The molecule has 23 heavy (non-hydrogen) atoms. The van der Waals surface area contributed by atoms with E-state index >= 15 is 0 Å². The van der Waals surface area contributed by atoms with Crippen LogP contribution >= 0.6 is 0 Å². The molecule has 0 radical (unpaired) electrons. The van der Waals surface area contributed by atoms with E-state index in [0.29, 0.717) is 24.7 Å². The van der Waals surface area contributed by atoms with Gasteiger partial charge in [0, 0.05) is 5.92 Å². The topological polar surface area (TPSA) is 52.4 Å². The first-order valence-electron chi connectivity index (χ1n) is 8.42.